The Morgan fingerprint density at radius 2 is 1.65 bits per heavy atom. The first kappa shape index (κ1) is 18.6. The van der Waals surface area contributed by atoms with Crippen LogP contribution >= 0.6 is 45.2 Å². The molecule has 7 nitrogen and oxygen atoms in total. The van der Waals surface area contributed by atoms with Crippen LogP contribution in [0.2, 0.25) is 0 Å². The Kier molecular flexibility index (Phi) is 5.46. The van der Waals surface area contributed by atoms with E-state index in [0.717, 1.165) is 7.14 Å². The molecule has 26 heavy (non-hydrogen) atoms. The SMILES string of the molecule is O=C(Nc1cc(I)cc(I)c1)Nc1c(O)c(=O)[nH]c2ccccc2c1=O. The maximum absolute atomic E-state index is 12.6. The molecular formula is C17H11I2N3O4. The van der Waals surface area contributed by atoms with Crippen molar-refractivity contribution in [1.29, 1.82) is 0 Å². The average molecular weight is 575 g/mol. The molecule has 0 aliphatic heterocycles. The van der Waals surface area contributed by atoms with E-state index in [0.29, 0.717) is 5.69 Å². The molecule has 0 aliphatic carbocycles. The molecule has 2 amide bonds. The number of urea groups is 1. The van der Waals surface area contributed by atoms with Crippen molar-refractivity contribution in [3.05, 3.63) is 70.2 Å². The zero-order valence-corrected chi connectivity index (χ0v) is 17.3. The smallest absolute Gasteiger partial charge is 0.323 e. The number of fused-ring (bicyclic) bond motifs is 1. The van der Waals surface area contributed by atoms with Crippen LogP contribution in [0.5, 0.6) is 5.75 Å². The molecular weight excluding hydrogens is 564 g/mol. The summed E-state index contributed by atoms with van der Waals surface area (Å²) in [7, 11) is 0. The lowest BCUT2D eigenvalue weighted by Crippen LogP contribution is -2.23. The molecule has 1 heterocycles. The first-order valence-electron chi connectivity index (χ1n) is 7.27. The number of anilines is 2. The number of carbonyl (C=O) groups is 1. The Bertz CT molecular complexity index is 1120. The molecule has 9 heteroatoms. The normalized spacial score (nSPS) is 10.5. The van der Waals surface area contributed by atoms with Crippen LogP contribution in [0.4, 0.5) is 16.2 Å². The van der Waals surface area contributed by atoms with Gasteiger partial charge in [0.05, 0.1) is 5.52 Å². The highest BCUT2D eigenvalue weighted by Gasteiger charge is 2.15. The van der Waals surface area contributed by atoms with Crippen LogP contribution in [-0.2, 0) is 0 Å². The van der Waals surface area contributed by atoms with Gasteiger partial charge < -0.3 is 20.7 Å². The Morgan fingerprint density at radius 3 is 2.35 bits per heavy atom. The average Bonchev–Trinajstić information content (AvgIpc) is 2.65. The van der Waals surface area contributed by atoms with E-state index in [2.05, 4.69) is 60.8 Å². The highest BCUT2D eigenvalue weighted by molar-refractivity contribution is 14.1. The summed E-state index contributed by atoms with van der Waals surface area (Å²) < 4.78 is 1.84. The van der Waals surface area contributed by atoms with Crippen LogP contribution in [0.25, 0.3) is 10.9 Å². The molecule has 3 aromatic rings. The number of amides is 2. The van der Waals surface area contributed by atoms with E-state index in [4.69, 9.17) is 0 Å². The fourth-order valence-corrected chi connectivity index (χ4v) is 4.28. The van der Waals surface area contributed by atoms with Crippen molar-refractivity contribution >= 4 is 73.5 Å². The minimum atomic E-state index is -0.873. The second-order valence-electron chi connectivity index (χ2n) is 5.29. The van der Waals surface area contributed by atoms with Gasteiger partial charge >= 0.3 is 6.03 Å². The monoisotopic (exact) mass is 575 g/mol. The van der Waals surface area contributed by atoms with Gasteiger partial charge in [0.15, 0.2) is 0 Å². The van der Waals surface area contributed by atoms with Crippen LogP contribution in [0.3, 0.4) is 0 Å². The Labute approximate surface area is 174 Å². The van der Waals surface area contributed by atoms with Crippen LogP contribution in [0.1, 0.15) is 0 Å². The maximum Gasteiger partial charge on any atom is 0.323 e. The summed E-state index contributed by atoms with van der Waals surface area (Å²) in [5.41, 5.74) is -1.24. The number of H-pyrrole nitrogens is 1. The van der Waals surface area contributed by atoms with E-state index < -0.39 is 28.5 Å². The number of halogens is 2. The lowest BCUT2D eigenvalue weighted by Gasteiger charge is -2.08. The highest BCUT2D eigenvalue weighted by Crippen LogP contribution is 2.19. The first-order valence-corrected chi connectivity index (χ1v) is 9.43. The quantitative estimate of drug-likeness (QED) is 0.351. The van der Waals surface area contributed by atoms with Gasteiger partial charge in [0.1, 0.15) is 5.69 Å². The third kappa shape index (κ3) is 3.98. The standard InChI is InChI=1S/C17H11I2N3O4/c18-8-5-9(19)7-10(6-8)20-17(26)22-13-14(23)11-3-1-2-4-12(11)21-16(25)15(13)24/h1-7H,(H4,20,21,22,23,24,25,26). The van der Waals surface area contributed by atoms with E-state index in [1.165, 1.54) is 12.1 Å². The van der Waals surface area contributed by atoms with Gasteiger partial charge in [0.2, 0.25) is 11.2 Å². The number of nitrogens with one attached hydrogen (secondary N) is 3. The number of hydrogen-bond acceptors (Lipinski definition) is 4. The Balaban J connectivity index is 2.02. The molecule has 132 valence electrons. The van der Waals surface area contributed by atoms with Gasteiger partial charge in [-0.2, -0.15) is 0 Å². The lowest BCUT2D eigenvalue weighted by atomic mass is 10.2. The predicted octanol–water partition coefficient (Wildman–Crippen LogP) is 3.45. The third-order valence-electron chi connectivity index (χ3n) is 3.46. The van der Waals surface area contributed by atoms with Crippen molar-refractivity contribution in [2.75, 3.05) is 10.6 Å². The van der Waals surface area contributed by atoms with Crippen LogP contribution in [0, 0.1) is 7.14 Å². The Hall–Kier alpha value is -2.15. The number of carbonyl (C=O) groups excluding carboxylic acids is 1. The van der Waals surface area contributed by atoms with Gasteiger partial charge in [-0.25, -0.2) is 4.79 Å². The van der Waals surface area contributed by atoms with Gasteiger partial charge in [0.25, 0.3) is 5.56 Å². The number of para-hydroxylation sites is 1. The number of aromatic nitrogens is 1. The lowest BCUT2D eigenvalue weighted by molar-refractivity contribution is 0.262. The molecule has 0 radical (unpaired) electrons. The fourth-order valence-electron chi connectivity index (χ4n) is 2.35. The third-order valence-corrected chi connectivity index (χ3v) is 4.70. The molecule has 0 bridgehead atoms. The summed E-state index contributed by atoms with van der Waals surface area (Å²) in [6, 6.07) is 11.0. The van der Waals surface area contributed by atoms with Crippen molar-refractivity contribution in [1.82, 2.24) is 4.98 Å². The molecule has 0 saturated carbocycles. The van der Waals surface area contributed by atoms with Crippen molar-refractivity contribution < 1.29 is 9.90 Å². The van der Waals surface area contributed by atoms with Crippen LogP contribution < -0.4 is 21.6 Å². The molecule has 0 unspecified atom stereocenters. The van der Waals surface area contributed by atoms with E-state index in [-0.39, 0.29) is 10.9 Å². The maximum atomic E-state index is 12.6. The van der Waals surface area contributed by atoms with Crippen molar-refractivity contribution in [3.63, 3.8) is 0 Å². The van der Waals surface area contributed by atoms with Gasteiger partial charge in [-0.15, -0.1) is 0 Å². The van der Waals surface area contributed by atoms with E-state index in [1.54, 1.807) is 24.3 Å². The summed E-state index contributed by atoms with van der Waals surface area (Å²) in [6.07, 6.45) is 0. The number of aromatic amines is 1. The van der Waals surface area contributed by atoms with Gasteiger partial charge in [-0.3, -0.25) is 9.59 Å². The fraction of sp³-hybridized carbons (Fsp3) is 0. The summed E-state index contributed by atoms with van der Waals surface area (Å²) in [5.74, 6) is -0.849. The molecule has 3 rings (SSSR count). The van der Waals surface area contributed by atoms with Gasteiger partial charge in [-0.05, 0) is 75.5 Å². The predicted molar refractivity (Wildman–Crippen MR) is 117 cm³/mol. The first-order chi connectivity index (χ1) is 12.3. The zero-order chi connectivity index (χ0) is 18.8. The summed E-state index contributed by atoms with van der Waals surface area (Å²) in [6.45, 7) is 0. The van der Waals surface area contributed by atoms with Gasteiger partial charge in [-0.1, -0.05) is 12.1 Å². The minimum absolute atomic E-state index is 0.170. The molecule has 0 fully saturated rings. The van der Waals surface area contributed by atoms with E-state index in [9.17, 15) is 19.5 Å². The minimum Gasteiger partial charge on any atom is -0.501 e. The van der Waals surface area contributed by atoms with Crippen LogP contribution in [0.15, 0.2) is 52.1 Å². The number of rotatable bonds is 2. The zero-order valence-electron chi connectivity index (χ0n) is 13.0. The summed E-state index contributed by atoms with van der Waals surface area (Å²) in [5, 5.41) is 15.1. The number of aromatic hydroxyl groups is 1. The van der Waals surface area contributed by atoms with Crippen molar-refractivity contribution in [2.24, 2.45) is 0 Å². The Morgan fingerprint density at radius 1 is 1.00 bits per heavy atom. The molecule has 2 aromatic carbocycles. The largest absolute Gasteiger partial charge is 0.501 e. The van der Waals surface area contributed by atoms with Crippen LogP contribution in [-0.4, -0.2) is 16.1 Å². The summed E-state index contributed by atoms with van der Waals surface area (Å²) >= 11 is 4.23. The second kappa shape index (κ2) is 7.61. The van der Waals surface area contributed by atoms with Gasteiger partial charge in [0, 0.05) is 18.2 Å². The molecule has 0 atom stereocenters. The van der Waals surface area contributed by atoms with Crippen molar-refractivity contribution in [3.8, 4) is 5.75 Å². The molecule has 1 aromatic heterocycles. The molecule has 0 spiro atoms. The second-order valence-corrected chi connectivity index (χ2v) is 7.78. The topological polar surface area (TPSA) is 111 Å². The molecule has 0 saturated heterocycles. The molecule has 4 N–H and O–H groups in total. The molecule has 0 aliphatic rings. The van der Waals surface area contributed by atoms with E-state index >= 15 is 0 Å². The highest BCUT2D eigenvalue weighted by atomic mass is 127. The number of benzene rings is 2. The summed E-state index contributed by atoms with van der Waals surface area (Å²) in [4.78, 5) is 39.3. The van der Waals surface area contributed by atoms with E-state index in [1.807, 2.05) is 6.07 Å². The number of hydrogen-bond donors (Lipinski definition) is 4. The van der Waals surface area contributed by atoms with Crippen molar-refractivity contribution in [2.45, 2.75) is 0 Å².